The van der Waals surface area contributed by atoms with Crippen molar-refractivity contribution in [3.63, 3.8) is 0 Å². The summed E-state index contributed by atoms with van der Waals surface area (Å²) in [6.07, 6.45) is 0. The number of carbonyl (C=O) groups is 3. The van der Waals surface area contributed by atoms with E-state index in [2.05, 4.69) is 5.32 Å². The van der Waals surface area contributed by atoms with Crippen LogP contribution in [0.1, 0.15) is 36.6 Å². The zero-order valence-electron chi connectivity index (χ0n) is 16.7. The van der Waals surface area contributed by atoms with Gasteiger partial charge >= 0.3 is 5.97 Å². The Balaban J connectivity index is 1.56. The van der Waals surface area contributed by atoms with Gasteiger partial charge in [0.25, 0.3) is 5.91 Å². The second-order valence-corrected chi connectivity index (χ2v) is 6.57. The molecule has 0 spiro atoms. The maximum atomic E-state index is 12.4. The zero-order chi connectivity index (χ0) is 21.5. The number of amides is 1. The van der Waals surface area contributed by atoms with E-state index in [4.69, 9.17) is 9.47 Å². The number of ketones is 1. The van der Waals surface area contributed by atoms with Crippen LogP contribution in [0.5, 0.6) is 5.75 Å². The van der Waals surface area contributed by atoms with Gasteiger partial charge in [-0.05, 0) is 67.1 Å². The normalized spacial score (nSPS) is 10.2. The molecule has 0 radical (unpaired) electrons. The summed E-state index contributed by atoms with van der Waals surface area (Å²) in [6, 6.07) is 20.1. The van der Waals surface area contributed by atoms with Crippen molar-refractivity contribution in [2.24, 2.45) is 0 Å². The SMILES string of the molecule is COc1ccc(C(=O)COC(=O)c2ccc(NC(=O)c3ccccc3C)cc2)cc1. The van der Waals surface area contributed by atoms with E-state index in [0.29, 0.717) is 22.6 Å². The number of aryl methyl sites for hydroxylation is 1. The number of anilines is 1. The average Bonchev–Trinajstić information content (AvgIpc) is 2.78. The minimum absolute atomic E-state index is 0.228. The number of nitrogens with one attached hydrogen (secondary N) is 1. The molecule has 6 heteroatoms. The Labute approximate surface area is 174 Å². The summed E-state index contributed by atoms with van der Waals surface area (Å²) in [4.78, 5) is 36.7. The minimum Gasteiger partial charge on any atom is -0.497 e. The van der Waals surface area contributed by atoms with Crippen LogP contribution in [-0.4, -0.2) is 31.4 Å². The van der Waals surface area contributed by atoms with E-state index in [9.17, 15) is 14.4 Å². The van der Waals surface area contributed by atoms with Crippen molar-refractivity contribution in [1.29, 1.82) is 0 Å². The van der Waals surface area contributed by atoms with Gasteiger partial charge < -0.3 is 14.8 Å². The van der Waals surface area contributed by atoms with Crippen molar-refractivity contribution in [2.75, 3.05) is 19.0 Å². The maximum absolute atomic E-state index is 12.4. The molecule has 0 saturated heterocycles. The summed E-state index contributed by atoms with van der Waals surface area (Å²) in [7, 11) is 1.54. The van der Waals surface area contributed by atoms with Gasteiger partial charge in [-0.1, -0.05) is 18.2 Å². The number of methoxy groups -OCH3 is 1. The van der Waals surface area contributed by atoms with Gasteiger partial charge in [-0.2, -0.15) is 0 Å². The molecule has 0 aliphatic rings. The van der Waals surface area contributed by atoms with E-state index in [1.165, 1.54) is 19.2 Å². The van der Waals surface area contributed by atoms with E-state index < -0.39 is 5.97 Å². The zero-order valence-corrected chi connectivity index (χ0v) is 16.7. The molecule has 3 aromatic carbocycles. The molecule has 0 unspecified atom stereocenters. The van der Waals surface area contributed by atoms with Crippen molar-refractivity contribution < 1.29 is 23.9 Å². The summed E-state index contributed by atoms with van der Waals surface area (Å²) in [6.45, 7) is 1.50. The van der Waals surface area contributed by atoms with E-state index in [-0.39, 0.29) is 23.9 Å². The Morgan fingerprint density at radius 2 is 1.47 bits per heavy atom. The van der Waals surface area contributed by atoms with Gasteiger partial charge in [0.15, 0.2) is 12.4 Å². The van der Waals surface area contributed by atoms with Crippen LogP contribution in [0.4, 0.5) is 5.69 Å². The number of rotatable bonds is 7. The van der Waals surface area contributed by atoms with Gasteiger partial charge in [0.1, 0.15) is 5.75 Å². The first kappa shape index (κ1) is 20.8. The van der Waals surface area contributed by atoms with Crippen molar-refractivity contribution in [3.05, 3.63) is 95.1 Å². The van der Waals surface area contributed by atoms with Gasteiger partial charge in [0.05, 0.1) is 12.7 Å². The van der Waals surface area contributed by atoms with E-state index in [1.54, 1.807) is 48.5 Å². The monoisotopic (exact) mass is 403 g/mol. The fourth-order valence-electron chi connectivity index (χ4n) is 2.79. The summed E-state index contributed by atoms with van der Waals surface area (Å²) in [5, 5.41) is 2.79. The molecule has 30 heavy (non-hydrogen) atoms. The largest absolute Gasteiger partial charge is 0.497 e. The Morgan fingerprint density at radius 1 is 0.833 bits per heavy atom. The van der Waals surface area contributed by atoms with Gasteiger partial charge in [-0.15, -0.1) is 0 Å². The molecule has 0 heterocycles. The molecule has 0 atom stereocenters. The van der Waals surface area contributed by atoms with Crippen LogP contribution in [0.2, 0.25) is 0 Å². The van der Waals surface area contributed by atoms with Crippen molar-refractivity contribution >= 4 is 23.3 Å². The summed E-state index contributed by atoms with van der Waals surface area (Å²) in [5.74, 6) is -0.520. The number of hydrogen-bond donors (Lipinski definition) is 1. The Bertz CT molecular complexity index is 1060. The predicted octanol–water partition coefficient (Wildman–Crippen LogP) is 4.30. The fourth-order valence-corrected chi connectivity index (χ4v) is 2.79. The Morgan fingerprint density at radius 3 is 2.10 bits per heavy atom. The number of Topliss-reactive ketones (excluding diaryl/α,β-unsaturated/α-hetero) is 1. The Hall–Kier alpha value is -3.93. The van der Waals surface area contributed by atoms with Gasteiger partial charge in [0.2, 0.25) is 0 Å². The molecule has 0 aliphatic heterocycles. The molecule has 152 valence electrons. The second kappa shape index (κ2) is 9.52. The molecule has 0 bridgehead atoms. The number of ether oxygens (including phenoxy) is 2. The van der Waals surface area contributed by atoms with E-state index in [1.807, 2.05) is 19.1 Å². The minimum atomic E-state index is -0.617. The third-order valence-electron chi connectivity index (χ3n) is 4.51. The first-order valence-corrected chi connectivity index (χ1v) is 9.29. The van der Waals surface area contributed by atoms with E-state index in [0.717, 1.165) is 5.56 Å². The Kier molecular flexibility index (Phi) is 6.60. The lowest BCUT2D eigenvalue weighted by atomic mass is 10.1. The molecule has 1 amide bonds. The average molecular weight is 403 g/mol. The van der Waals surface area contributed by atoms with Crippen LogP contribution in [0.15, 0.2) is 72.8 Å². The lowest BCUT2D eigenvalue weighted by Gasteiger charge is -2.09. The molecule has 0 fully saturated rings. The standard InChI is InChI=1S/C24H21NO5/c1-16-5-3-4-6-21(16)23(27)25-19-11-7-18(8-12-19)24(28)30-15-22(26)17-9-13-20(29-2)14-10-17/h3-14H,15H2,1-2H3,(H,25,27). The third kappa shape index (κ3) is 5.11. The molecule has 0 aromatic heterocycles. The van der Waals surface area contributed by atoms with Crippen LogP contribution in [0.25, 0.3) is 0 Å². The number of hydrogen-bond acceptors (Lipinski definition) is 5. The molecular formula is C24H21NO5. The highest BCUT2D eigenvalue weighted by Gasteiger charge is 2.13. The molecule has 0 aliphatic carbocycles. The highest BCUT2D eigenvalue weighted by molar-refractivity contribution is 6.05. The summed E-state index contributed by atoms with van der Waals surface area (Å²) >= 11 is 0. The summed E-state index contributed by atoms with van der Waals surface area (Å²) < 4.78 is 10.1. The number of esters is 1. The number of benzene rings is 3. The van der Waals surface area contributed by atoms with Crippen LogP contribution in [0.3, 0.4) is 0 Å². The lowest BCUT2D eigenvalue weighted by molar-refractivity contribution is 0.0474. The van der Waals surface area contributed by atoms with Crippen molar-refractivity contribution in [2.45, 2.75) is 6.92 Å². The molecule has 3 aromatic rings. The van der Waals surface area contributed by atoms with Gasteiger partial charge in [-0.3, -0.25) is 9.59 Å². The van der Waals surface area contributed by atoms with Gasteiger partial charge in [-0.25, -0.2) is 4.79 Å². The molecule has 6 nitrogen and oxygen atoms in total. The number of carbonyl (C=O) groups excluding carboxylic acids is 3. The lowest BCUT2D eigenvalue weighted by Crippen LogP contribution is -2.15. The second-order valence-electron chi connectivity index (χ2n) is 6.57. The van der Waals surface area contributed by atoms with Gasteiger partial charge in [0, 0.05) is 16.8 Å². The summed E-state index contributed by atoms with van der Waals surface area (Å²) in [5.41, 5.74) is 2.72. The van der Waals surface area contributed by atoms with Crippen LogP contribution >= 0.6 is 0 Å². The highest BCUT2D eigenvalue weighted by Crippen LogP contribution is 2.15. The third-order valence-corrected chi connectivity index (χ3v) is 4.51. The van der Waals surface area contributed by atoms with Crippen molar-refractivity contribution in [1.82, 2.24) is 0 Å². The van der Waals surface area contributed by atoms with Crippen LogP contribution in [-0.2, 0) is 4.74 Å². The van der Waals surface area contributed by atoms with Crippen LogP contribution in [0, 0.1) is 6.92 Å². The van der Waals surface area contributed by atoms with Crippen molar-refractivity contribution in [3.8, 4) is 5.75 Å². The van der Waals surface area contributed by atoms with Crippen LogP contribution < -0.4 is 10.1 Å². The molecule has 0 saturated carbocycles. The quantitative estimate of drug-likeness (QED) is 0.470. The molecular weight excluding hydrogens is 382 g/mol. The molecule has 3 rings (SSSR count). The topological polar surface area (TPSA) is 81.7 Å². The predicted molar refractivity (Wildman–Crippen MR) is 113 cm³/mol. The molecule has 1 N–H and O–H groups in total. The maximum Gasteiger partial charge on any atom is 0.338 e. The highest BCUT2D eigenvalue weighted by atomic mass is 16.5. The van der Waals surface area contributed by atoms with E-state index >= 15 is 0 Å². The fraction of sp³-hybridized carbons (Fsp3) is 0.125. The smallest absolute Gasteiger partial charge is 0.338 e. The first-order valence-electron chi connectivity index (χ1n) is 9.29. The first-order chi connectivity index (χ1) is 14.5.